The second kappa shape index (κ2) is 7.51. The maximum Gasteiger partial charge on any atom is 0.226 e. The molecule has 0 saturated heterocycles. The monoisotopic (exact) mass is 336 g/mol. The van der Waals surface area contributed by atoms with Crippen LogP contribution in [0.1, 0.15) is 18.1 Å². The van der Waals surface area contributed by atoms with E-state index in [2.05, 4.69) is 5.32 Å². The predicted molar refractivity (Wildman–Crippen MR) is 85.9 cm³/mol. The van der Waals surface area contributed by atoms with Gasteiger partial charge >= 0.3 is 0 Å². The van der Waals surface area contributed by atoms with Crippen LogP contribution in [0.5, 0.6) is 0 Å². The molecule has 2 rings (SSSR count). The Morgan fingerprint density at radius 3 is 2.80 bits per heavy atom. The first-order valence-corrected chi connectivity index (χ1v) is 7.18. The van der Waals surface area contributed by atoms with Crippen molar-refractivity contribution < 1.29 is 4.79 Å². The predicted octanol–water partition coefficient (Wildman–Crippen LogP) is 3.16. The first-order chi connectivity index (χ1) is 9.02. The van der Waals surface area contributed by atoms with Crippen molar-refractivity contribution >= 4 is 41.5 Å². The van der Waals surface area contributed by atoms with Crippen molar-refractivity contribution in [1.29, 1.82) is 0 Å². The summed E-state index contributed by atoms with van der Waals surface area (Å²) in [5.41, 5.74) is 2.19. The number of fused-ring (bicyclic) bond motifs is 1. The van der Waals surface area contributed by atoms with Gasteiger partial charge in [0.1, 0.15) is 0 Å². The van der Waals surface area contributed by atoms with E-state index in [1.807, 2.05) is 24.9 Å². The summed E-state index contributed by atoms with van der Waals surface area (Å²) in [5, 5.41) is 4.35. The largest absolute Gasteiger partial charge is 0.338 e. The molecule has 0 saturated carbocycles. The van der Waals surface area contributed by atoms with Crippen LogP contribution in [0, 0.1) is 5.92 Å². The zero-order valence-electron chi connectivity index (χ0n) is 11.6. The molecule has 3 nitrogen and oxygen atoms in total. The van der Waals surface area contributed by atoms with E-state index in [0.717, 1.165) is 24.1 Å². The van der Waals surface area contributed by atoms with Crippen molar-refractivity contribution in [3.63, 3.8) is 0 Å². The molecule has 1 heterocycles. The van der Waals surface area contributed by atoms with E-state index >= 15 is 0 Å². The molecular weight excluding hydrogens is 319 g/mol. The smallest absolute Gasteiger partial charge is 0.226 e. The summed E-state index contributed by atoms with van der Waals surface area (Å²) >= 11 is 12.2. The number of nitrogens with zero attached hydrogens (tertiary/aromatic N) is 1. The fourth-order valence-corrected chi connectivity index (χ4v) is 3.07. The van der Waals surface area contributed by atoms with Gasteiger partial charge in [0, 0.05) is 35.6 Å². The van der Waals surface area contributed by atoms with E-state index in [0.29, 0.717) is 23.1 Å². The summed E-state index contributed by atoms with van der Waals surface area (Å²) in [6.07, 6.45) is 0.813. The average molecular weight is 338 g/mol. The number of halogens is 3. The second-order valence-corrected chi connectivity index (χ2v) is 5.84. The third kappa shape index (κ3) is 3.79. The molecule has 0 aromatic heterocycles. The lowest BCUT2D eigenvalue weighted by Gasteiger charge is -2.31. The Balaban J connectivity index is 0.00000200. The molecule has 112 valence electrons. The highest BCUT2D eigenvalue weighted by molar-refractivity contribution is 6.35. The van der Waals surface area contributed by atoms with Crippen LogP contribution < -0.4 is 5.32 Å². The summed E-state index contributed by atoms with van der Waals surface area (Å²) in [6, 6.07) is 3.69. The first kappa shape index (κ1) is 17.6. The Kier molecular flexibility index (Phi) is 6.59. The fraction of sp³-hybridized carbons (Fsp3) is 0.500. The van der Waals surface area contributed by atoms with Crippen LogP contribution in [0.2, 0.25) is 10.0 Å². The number of hydrogen-bond donors (Lipinski definition) is 1. The summed E-state index contributed by atoms with van der Waals surface area (Å²) in [5.74, 6) is 0.156. The van der Waals surface area contributed by atoms with Gasteiger partial charge in [0.15, 0.2) is 0 Å². The van der Waals surface area contributed by atoms with E-state index in [4.69, 9.17) is 23.2 Å². The summed E-state index contributed by atoms with van der Waals surface area (Å²) in [4.78, 5) is 14.2. The summed E-state index contributed by atoms with van der Waals surface area (Å²) < 4.78 is 0. The number of nitrogens with one attached hydrogen (secondary N) is 1. The van der Waals surface area contributed by atoms with E-state index in [1.54, 1.807) is 6.07 Å². The molecule has 0 bridgehead atoms. The highest BCUT2D eigenvalue weighted by Crippen LogP contribution is 2.30. The number of benzene rings is 1. The average Bonchev–Trinajstić information content (AvgIpc) is 2.37. The van der Waals surface area contributed by atoms with E-state index < -0.39 is 0 Å². The number of rotatable bonds is 3. The molecule has 6 heteroatoms. The lowest BCUT2D eigenvalue weighted by Crippen LogP contribution is -2.41. The van der Waals surface area contributed by atoms with Gasteiger partial charge in [-0.15, -0.1) is 12.4 Å². The van der Waals surface area contributed by atoms with Crippen LogP contribution in [0.25, 0.3) is 0 Å². The van der Waals surface area contributed by atoms with Gasteiger partial charge in [0.2, 0.25) is 5.91 Å². The minimum Gasteiger partial charge on any atom is -0.338 e. The van der Waals surface area contributed by atoms with Crippen LogP contribution in [0.3, 0.4) is 0 Å². The molecule has 1 aromatic rings. The van der Waals surface area contributed by atoms with Gasteiger partial charge in [-0.25, -0.2) is 0 Å². The third-order valence-corrected chi connectivity index (χ3v) is 4.05. The van der Waals surface area contributed by atoms with Crippen molar-refractivity contribution in [2.24, 2.45) is 5.92 Å². The minimum absolute atomic E-state index is 0. The molecule has 0 radical (unpaired) electrons. The molecule has 0 spiro atoms. The van der Waals surface area contributed by atoms with Crippen molar-refractivity contribution in [2.75, 3.05) is 20.1 Å². The van der Waals surface area contributed by atoms with Gasteiger partial charge in [0.05, 0.1) is 0 Å². The zero-order chi connectivity index (χ0) is 14.0. The van der Waals surface area contributed by atoms with Gasteiger partial charge in [-0.1, -0.05) is 30.1 Å². The Hall–Kier alpha value is -0.480. The lowest BCUT2D eigenvalue weighted by molar-refractivity contribution is -0.135. The van der Waals surface area contributed by atoms with Gasteiger partial charge in [-0.05, 0) is 36.7 Å². The Bertz CT molecular complexity index is 494. The van der Waals surface area contributed by atoms with E-state index in [9.17, 15) is 4.79 Å². The molecule has 1 unspecified atom stereocenters. The minimum atomic E-state index is -0.0161. The highest BCUT2D eigenvalue weighted by atomic mass is 35.5. The molecular formula is C14H19Cl3N2O. The molecule has 1 N–H and O–H groups in total. The maximum absolute atomic E-state index is 12.3. The molecule has 1 aliphatic rings. The normalized spacial score (nSPS) is 15.3. The molecule has 1 amide bonds. The van der Waals surface area contributed by atoms with Crippen molar-refractivity contribution in [3.05, 3.63) is 33.3 Å². The Labute approximate surface area is 136 Å². The molecule has 20 heavy (non-hydrogen) atoms. The van der Waals surface area contributed by atoms with Crippen molar-refractivity contribution in [1.82, 2.24) is 10.2 Å². The van der Waals surface area contributed by atoms with Crippen LogP contribution in [-0.4, -0.2) is 30.9 Å². The molecule has 1 aliphatic heterocycles. The molecule has 1 atom stereocenters. The highest BCUT2D eigenvalue weighted by Gasteiger charge is 2.25. The number of carbonyl (C=O) groups is 1. The van der Waals surface area contributed by atoms with Crippen LogP contribution >= 0.6 is 35.6 Å². The quantitative estimate of drug-likeness (QED) is 0.919. The van der Waals surface area contributed by atoms with Crippen LogP contribution in [0.4, 0.5) is 0 Å². The maximum atomic E-state index is 12.3. The van der Waals surface area contributed by atoms with Crippen molar-refractivity contribution in [2.45, 2.75) is 19.9 Å². The standard InChI is InChI=1S/C14H18Cl2N2O.ClH/c1-9(7-17-2)14(19)18-4-3-10-5-11(15)6-13(16)12(10)8-18;/h5-6,9,17H,3-4,7-8H2,1-2H3;1H. The molecule has 0 fully saturated rings. The summed E-state index contributed by atoms with van der Waals surface area (Å²) in [6.45, 7) is 3.95. The van der Waals surface area contributed by atoms with Crippen LogP contribution in [0.15, 0.2) is 12.1 Å². The molecule has 1 aromatic carbocycles. The van der Waals surface area contributed by atoms with Crippen LogP contribution in [-0.2, 0) is 17.8 Å². The topological polar surface area (TPSA) is 32.3 Å². The van der Waals surface area contributed by atoms with Gasteiger partial charge in [0.25, 0.3) is 0 Å². The number of amides is 1. The Morgan fingerprint density at radius 2 is 2.15 bits per heavy atom. The molecule has 0 aliphatic carbocycles. The zero-order valence-corrected chi connectivity index (χ0v) is 13.9. The number of hydrogen-bond acceptors (Lipinski definition) is 2. The van der Waals surface area contributed by atoms with Gasteiger partial charge < -0.3 is 10.2 Å². The Morgan fingerprint density at radius 1 is 1.45 bits per heavy atom. The van der Waals surface area contributed by atoms with Crippen molar-refractivity contribution in [3.8, 4) is 0 Å². The van der Waals surface area contributed by atoms with E-state index in [1.165, 1.54) is 0 Å². The second-order valence-electron chi connectivity index (χ2n) is 4.99. The SMILES string of the molecule is CNCC(C)C(=O)N1CCc2cc(Cl)cc(Cl)c2C1.Cl. The number of carbonyl (C=O) groups excluding carboxylic acids is 1. The first-order valence-electron chi connectivity index (χ1n) is 6.43. The summed E-state index contributed by atoms with van der Waals surface area (Å²) in [7, 11) is 1.86. The van der Waals surface area contributed by atoms with Gasteiger partial charge in [-0.2, -0.15) is 0 Å². The third-order valence-electron chi connectivity index (χ3n) is 3.50. The lowest BCUT2D eigenvalue weighted by atomic mass is 9.98. The fourth-order valence-electron chi connectivity index (χ4n) is 2.48. The van der Waals surface area contributed by atoms with Gasteiger partial charge in [-0.3, -0.25) is 4.79 Å². The van der Waals surface area contributed by atoms with E-state index in [-0.39, 0.29) is 24.2 Å².